The number of hydrogen-bond donors (Lipinski definition) is 1. The Kier molecular flexibility index (Phi) is 2.87. The first-order chi connectivity index (χ1) is 7.29. The van der Waals surface area contributed by atoms with Crippen LogP contribution in [0.5, 0.6) is 5.75 Å². The molecule has 4 heteroatoms. The van der Waals surface area contributed by atoms with Crippen molar-refractivity contribution in [3.05, 3.63) is 18.2 Å². The Bertz CT molecular complexity index is 360. The summed E-state index contributed by atoms with van der Waals surface area (Å²) in [6.45, 7) is 4.88. The van der Waals surface area contributed by atoms with E-state index in [0.29, 0.717) is 18.0 Å². The monoisotopic (exact) mass is 206 g/mol. The molecule has 0 amide bonds. The first-order valence-electron chi connectivity index (χ1n) is 4.90. The number of ether oxygens (including phenoxy) is 2. The van der Waals surface area contributed by atoms with Gasteiger partial charge in [-0.05, 0) is 18.9 Å². The third kappa shape index (κ3) is 2.27. The lowest BCUT2D eigenvalue weighted by Crippen LogP contribution is -2.15. The average molecular weight is 206 g/mol. The zero-order valence-corrected chi connectivity index (χ0v) is 8.48. The third-order valence-corrected chi connectivity index (χ3v) is 2.34. The van der Waals surface area contributed by atoms with Gasteiger partial charge in [-0.2, -0.15) is 0 Å². The van der Waals surface area contributed by atoms with Crippen LogP contribution in [0.4, 0.5) is 11.4 Å². The summed E-state index contributed by atoms with van der Waals surface area (Å²) in [7, 11) is 0. The summed E-state index contributed by atoms with van der Waals surface area (Å²) < 4.78 is 11.0. The Balaban J connectivity index is 2.17. The van der Waals surface area contributed by atoms with Gasteiger partial charge in [0.15, 0.2) is 0 Å². The summed E-state index contributed by atoms with van der Waals surface area (Å²) in [5.74, 6) is 0.681. The number of benzene rings is 1. The second-order valence-electron chi connectivity index (χ2n) is 3.49. The van der Waals surface area contributed by atoms with E-state index in [1.165, 1.54) is 0 Å². The van der Waals surface area contributed by atoms with Crippen molar-refractivity contribution >= 4 is 18.1 Å². The van der Waals surface area contributed by atoms with Crippen LogP contribution in [-0.2, 0) is 4.74 Å². The Labute approximate surface area is 88.7 Å². The van der Waals surface area contributed by atoms with Crippen LogP contribution >= 0.6 is 0 Å². The van der Waals surface area contributed by atoms with E-state index in [0.717, 1.165) is 18.7 Å². The van der Waals surface area contributed by atoms with Crippen LogP contribution in [0, 0.1) is 0 Å². The van der Waals surface area contributed by atoms with Crippen LogP contribution in [-0.4, -0.2) is 26.0 Å². The van der Waals surface area contributed by atoms with E-state index in [1.54, 1.807) is 18.2 Å². The highest BCUT2D eigenvalue weighted by Gasteiger charge is 2.18. The molecule has 1 fully saturated rings. The number of rotatable bonds is 3. The van der Waals surface area contributed by atoms with Crippen molar-refractivity contribution < 1.29 is 9.47 Å². The Morgan fingerprint density at radius 1 is 1.53 bits per heavy atom. The molecular weight excluding hydrogens is 192 g/mol. The van der Waals surface area contributed by atoms with Crippen molar-refractivity contribution in [3.63, 3.8) is 0 Å². The molecule has 4 nitrogen and oxygen atoms in total. The van der Waals surface area contributed by atoms with Crippen LogP contribution in [0.15, 0.2) is 23.2 Å². The Morgan fingerprint density at radius 2 is 2.40 bits per heavy atom. The van der Waals surface area contributed by atoms with Crippen molar-refractivity contribution in [2.75, 3.05) is 18.9 Å². The number of nitrogens with zero attached hydrogens (tertiary/aromatic N) is 1. The molecule has 0 aromatic heterocycles. The minimum absolute atomic E-state index is 0.104. The van der Waals surface area contributed by atoms with Gasteiger partial charge in [0.25, 0.3) is 0 Å². The lowest BCUT2D eigenvalue weighted by Gasteiger charge is -2.13. The van der Waals surface area contributed by atoms with Crippen molar-refractivity contribution in [2.45, 2.75) is 12.5 Å². The molecule has 80 valence electrons. The van der Waals surface area contributed by atoms with Gasteiger partial charge in [0.2, 0.25) is 0 Å². The van der Waals surface area contributed by atoms with Crippen molar-refractivity contribution in [1.29, 1.82) is 0 Å². The van der Waals surface area contributed by atoms with Crippen LogP contribution < -0.4 is 10.5 Å². The van der Waals surface area contributed by atoms with Gasteiger partial charge in [0.1, 0.15) is 17.5 Å². The number of aliphatic imine (C=N–C) groups is 1. The number of nitrogen functional groups attached to an aromatic ring is 1. The van der Waals surface area contributed by atoms with Crippen LogP contribution in [0.25, 0.3) is 0 Å². The summed E-state index contributed by atoms with van der Waals surface area (Å²) in [5, 5.41) is 0. The van der Waals surface area contributed by atoms with Gasteiger partial charge < -0.3 is 15.2 Å². The van der Waals surface area contributed by atoms with E-state index in [2.05, 4.69) is 11.7 Å². The van der Waals surface area contributed by atoms with E-state index < -0.39 is 0 Å². The molecule has 0 saturated carbocycles. The fourth-order valence-corrected chi connectivity index (χ4v) is 1.54. The Hall–Kier alpha value is -1.55. The molecule has 0 spiro atoms. The second-order valence-corrected chi connectivity index (χ2v) is 3.49. The average Bonchev–Trinajstić information content (AvgIpc) is 2.71. The molecule has 1 atom stereocenters. The number of nitrogens with two attached hydrogens (primary N) is 1. The molecule has 1 saturated heterocycles. The molecule has 2 rings (SSSR count). The van der Waals surface area contributed by atoms with E-state index in [4.69, 9.17) is 15.2 Å². The second kappa shape index (κ2) is 4.31. The van der Waals surface area contributed by atoms with E-state index in [1.807, 2.05) is 0 Å². The van der Waals surface area contributed by atoms with Gasteiger partial charge in [-0.3, -0.25) is 4.99 Å². The normalized spacial score (nSPS) is 20.1. The minimum Gasteiger partial charge on any atom is -0.486 e. The number of anilines is 1. The fourth-order valence-electron chi connectivity index (χ4n) is 1.54. The SMILES string of the molecule is C=Nc1ccc(N)cc1OC1CCOC1. The summed E-state index contributed by atoms with van der Waals surface area (Å²) in [6.07, 6.45) is 1.01. The zero-order valence-electron chi connectivity index (χ0n) is 8.48. The van der Waals surface area contributed by atoms with Gasteiger partial charge in [0.05, 0.1) is 13.2 Å². The molecule has 1 aliphatic rings. The molecule has 15 heavy (non-hydrogen) atoms. The van der Waals surface area contributed by atoms with Gasteiger partial charge in [-0.25, -0.2) is 0 Å². The predicted octanol–water partition coefficient (Wildman–Crippen LogP) is 1.77. The van der Waals surface area contributed by atoms with Gasteiger partial charge in [-0.15, -0.1) is 0 Å². The standard InChI is InChI=1S/C11H14N2O2/c1-13-10-3-2-8(12)6-11(10)15-9-4-5-14-7-9/h2-3,6,9H,1,4-5,7,12H2. The van der Waals surface area contributed by atoms with Crippen molar-refractivity contribution in [3.8, 4) is 5.75 Å². The summed E-state index contributed by atoms with van der Waals surface area (Å²) in [5.41, 5.74) is 7.06. The summed E-state index contributed by atoms with van der Waals surface area (Å²) in [4.78, 5) is 3.88. The highest BCUT2D eigenvalue weighted by molar-refractivity contribution is 5.61. The maximum atomic E-state index is 5.74. The van der Waals surface area contributed by atoms with Gasteiger partial charge >= 0.3 is 0 Å². The van der Waals surface area contributed by atoms with Crippen molar-refractivity contribution in [1.82, 2.24) is 0 Å². The van der Waals surface area contributed by atoms with Crippen molar-refractivity contribution in [2.24, 2.45) is 4.99 Å². The topological polar surface area (TPSA) is 56.8 Å². The van der Waals surface area contributed by atoms with E-state index in [-0.39, 0.29) is 6.10 Å². The smallest absolute Gasteiger partial charge is 0.147 e. The highest BCUT2D eigenvalue weighted by atomic mass is 16.5. The maximum Gasteiger partial charge on any atom is 0.147 e. The molecule has 0 bridgehead atoms. The minimum atomic E-state index is 0.104. The first-order valence-corrected chi connectivity index (χ1v) is 4.90. The predicted molar refractivity (Wildman–Crippen MR) is 59.9 cm³/mol. The molecule has 0 radical (unpaired) electrons. The van der Waals surface area contributed by atoms with Gasteiger partial charge in [-0.1, -0.05) is 0 Å². The van der Waals surface area contributed by atoms with Crippen LogP contribution in [0.2, 0.25) is 0 Å². The third-order valence-electron chi connectivity index (χ3n) is 2.34. The highest BCUT2D eigenvalue weighted by Crippen LogP contribution is 2.31. The molecule has 1 aromatic carbocycles. The van der Waals surface area contributed by atoms with E-state index >= 15 is 0 Å². The summed E-state index contributed by atoms with van der Waals surface area (Å²) >= 11 is 0. The Morgan fingerprint density at radius 3 is 3.07 bits per heavy atom. The maximum absolute atomic E-state index is 5.74. The molecule has 0 aliphatic carbocycles. The van der Waals surface area contributed by atoms with Crippen LogP contribution in [0.3, 0.4) is 0 Å². The van der Waals surface area contributed by atoms with Crippen LogP contribution in [0.1, 0.15) is 6.42 Å². The van der Waals surface area contributed by atoms with E-state index in [9.17, 15) is 0 Å². The first kappa shape index (κ1) is 9.98. The zero-order chi connectivity index (χ0) is 10.7. The lowest BCUT2D eigenvalue weighted by molar-refractivity contribution is 0.142. The molecule has 2 N–H and O–H groups in total. The fraction of sp³-hybridized carbons (Fsp3) is 0.364. The van der Waals surface area contributed by atoms with Gasteiger partial charge in [0, 0.05) is 18.2 Å². The molecule has 1 aromatic rings. The molecule has 1 aliphatic heterocycles. The largest absolute Gasteiger partial charge is 0.486 e. The molecule has 1 heterocycles. The quantitative estimate of drug-likeness (QED) is 0.605. The number of hydrogen-bond acceptors (Lipinski definition) is 4. The molecule has 1 unspecified atom stereocenters. The molecular formula is C11H14N2O2. The summed E-state index contributed by atoms with van der Waals surface area (Å²) in [6, 6.07) is 5.35. The lowest BCUT2D eigenvalue weighted by atomic mass is 10.2.